The number of amides is 4. The zero-order chi connectivity index (χ0) is 47.5. The van der Waals surface area contributed by atoms with Gasteiger partial charge in [-0.05, 0) is 101 Å². The van der Waals surface area contributed by atoms with Crippen LogP contribution in [0.1, 0.15) is 101 Å². The summed E-state index contributed by atoms with van der Waals surface area (Å²) in [6.07, 6.45) is 3.16. The third-order valence-electron chi connectivity index (χ3n) is 14.3. The number of methoxy groups -OCH3 is 2. The molecule has 1 saturated carbocycles. The van der Waals surface area contributed by atoms with Crippen LogP contribution >= 0.6 is 0 Å². The minimum Gasteiger partial charge on any atom is -0.453 e. The molecule has 352 valence electrons. The zero-order valence-electron chi connectivity index (χ0n) is 38.5. The molecule has 4 N–H and O–H groups in total. The van der Waals surface area contributed by atoms with Crippen molar-refractivity contribution in [2.24, 2.45) is 17.8 Å². The quantitative estimate of drug-likeness (QED) is 0.102. The van der Waals surface area contributed by atoms with Gasteiger partial charge < -0.3 is 39.9 Å². The molecule has 2 aliphatic heterocycles. The number of hydrogen-bond acceptors (Lipinski definition) is 9. The first kappa shape index (κ1) is 45.5. The lowest BCUT2D eigenvalue weighted by atomic mass is 9.69. The van der Waals surface area contributed by atoms with E-state index in [1.807, 2.05) is 70.2 Å². The summed E-state index contributed by atoms with van der Waals surface area (Å²) < 4.78 is 39.9. The van der Waals surface area contributed by atoms with Crippen molar-refractivity contribution < 1.29 is 37.4 Å². The smallest absolute Gasteiger partial charge is 0.407 e. The van der Waals surface area contributed by atoms with Crippen molar-refractivity contribution in [1.82, 2.24) is 40.4 Å². The Labute approximate surface area is 386 Å². The molecule has 3 aromatic carbocycles. The molecule has 3 fully saturated rings. The lowest BCUT2D eigenvalue weighted by molar-refractivity contribution is -0.141. The van der Waals surface area contributed by atoms with Crippen LogP contribution in [-0.4, -0.2) is 99.1 Å². The number of carbonyl (C=O) groups excluding carboxylic acids is 4. The predicted octanol–water partition coefficient (Wildman–Crippen LogP) is 8.03. The Kier molecular flexibility index (Phi) is 12.1. The van der Waals surface area contributed by atoms with Crippen LogP contribution in [0.25, 0.3) is 44.4 Å². The molecule has 6 atom stereocenters. The molecule has 67 heavy (non-hydrogen) atoms. The van der Waals surface area contributed by atoms with Crippen LogP contribution in [0.4, 0.5) is 18.4 Å². The van der Waals surface area contributed by atoms with Gasteiger partial charge in [0.25, 0.3) is 11.5 Å². The number of imidazole rings is 1. The third-order valence-corrected chi connectivity index (χ3v) is 14.3. The standard InChI is InChI=1S/C50H56F2N8O7/c1-25(2)41(56-48(64)66-5)46(62)59-19-7-9-38(59)43-53-24-37(55-43)28-13-11-27(12-14-28)31-17-16-30(32-22-35-34(40(31)32)23-50(35,51)52)29-15-18-36-33(21-29)45(61)58-44(54-36)39-10-8-20-60(39)47(63)42(26(3)4)57-49(65)67-6/h11-18,21,24-26,34-35,38-39,41-42H,7-10,19-20,22-23H2,1-6H3,(H,53,55)(H,56,64)(H,57,65)(H,54,58,61)/t34?,35?,38-,39-,41?,42-/m0/s1. The van der Waals surface area contributed by atoms with Crippen LogP contribution in [0, 0.1) is 17.8 Å². The summed E-state index contributed by atoms with van der Waals surface area (Å²) in [6.45, 7) is 8.40. The van der Waals surface area contributed by atoms with Crippen molar-refractivity contribution in [3.63, 3.8) is 0 Å². The minimum atomic E-state index is -2.78. The number of rotatable bonds is 11. The van der Waals surface area contributed by atoms with Gasteiger partial charge in [-0.1, -0.05) is 70.2 Å². The molecule has 2 aliphatic carbocycles. The number of benzene rings is 3. The van der Waals surface area contributed by atoms with Crippen molar-refractivity contribution in [3.8, 4) is 33.5 Å². The first-order chi connectivity index (χ1) is 32.1. The van der Waals surface area contributed by atoms with Gasteiger partial charge in [-0.25, -0.2) is 28.3 Å². The second kappa shape index (κ2) is 17.9. The summed E-state index contributed by atoms with van der Waals surface area (Å²) >= 11 is 0. The van der Waals surface area contributed by atoms with Crippen molar-refractivity contribution in [1.29, 1.82) is 0 Å². The predicted molar refractivity (Wildman–Crippen MR) is 246 cm³/mol. The highest BCUT2D eigenvalue weighted by Crippen LogP contribution is 2.62. The number of nitrogens with one attached hydrogen (secondary N) is 4. The molecule has 17 heteroatoms. The number of carbonyl (C=O) groups is 4. The van der Waals surface area contributed by atoms with Gasteiger partial charge in [0.1, 0.15) is 23.7 Å². The SMILES string of the molecule is COC(=O)NC(C(=O)N1CCC[C@H]1c1ncc(-c2ccc(-c3ccc(-c4ccc5nc([C@@H]6CCCN6C(=O)[C@@H](NC(=O)OC)C(C)C)[nH]c(=O)c5c4)c4c3C3CC(F)(F)C3C4)cc2)[nH]1)C(C)C. The lowest BCUT2D eigenvalue weighted by Gasteiger charge is -2.40. The number of hydrogen-bond donors (Lipinski definition) is 4. The van der Waals surface area contributed by atoms with Crippen LogP contribution in [0.15, 0.2) is 65.6 Å². The molecule has 5 aromatic rings. The van der Waals surface area contributed by atoms with E-state index in [1.54, 1.807) is 28.1 Å². The second-order valence-corrected chi connectivity index (χ2v) is 19.0. The molecule has 15 nitrogen and oxygen atoms in total. The van der Waals surface area contributed by atoms with Crippen LogP contribution in [0.2, 0.25) is 0 Å². The molecule has 4 heterocycles. The number of alkyl halides is 2. The highest BCUT2D eigenvalue weighted by Gasteiger charge is 2.60. The first-order valence-corrected chi connectivity index (χ1v) is 23.1. The van der Waals surface area contributed by atoms with E-state index in [4.69, 9.17) is 14.5 Å². The number of aromatic amines is 2. The third kappa shape index (κ3) is 8.30. The Bertz CT molecular complexity index is 2810. The van der Waals surface area contributed by atoms with Gasteiger partial charge in [0.15, 0.2) is 0 Å². The van der Waals surface area contributed by atoms with E-state index < -0.39 is 42.2 Å². The van der Waals surface area contributed by atoms with E-state index >= 15 is 8.78 Å². The fourth-order valence-corrected chi connectivity index (χ4v) is 10.7. The Balaban J connectivity index is 0.975. The summed E-state index contributed by atoms with van der Waals surface area (Å²) in [6, 6.07) is 14.9. The molecule has 4 amide bonds. The van der Waals surface area contributed by atoms with Gasteiger partial charge in [-0.3, -0.25) is 14.4 Å². The van der Waals surface area contributed by atoms with Crippen LogP contribution in [0.3, 0.4) is 0 Å². The Hall–Kier alpha value is -6.65. The molecule has 4 aliphatic rings. The molecule has 3 unspecified atom stereocenters. The first-order valence-electron chi connectivity index (χ1n) is 23.1. The lowest BCUT2D eigenvalue weighted by Crippen LogP contribution is -2.51. The molecule has 2 aromatic heterocycles. The number of fused-ring (bicyclic) bond motifs is 4. The molecule has 0 bridgehead atoms. The van der Waals surface area contributed by atoms with Gasteiger partial charge in [0.2, 0.25) is 11.8 Å². The Morgan fingerprint density at radius 1 is 0.761 bits per heavy atom. The van der Waals surface area contributed by atoms with Gasteiger partial charge in [0.05, 0.1) is 49.1 Å². The van der Waals surface area contributed by atoms with E-state index in [-0.39, 0.29) is 54.0 Å². The topological polar surface area (TPSA) is 192 Å². The van der Waals surface area contributed by atoms with Crippen LogP contribution in [0.5, 0.6) is 0 Å². The summed E-state index contributed by atoms with van der Waals surface area (Å²) in [5.41, 5.74) is 6.76. The van der Waals surface area contributed by atoms with E-state index in [9.17, 15) is 24.0 Å². The number of likely N-dealkylation sites (tertiary alicyclic amines) is 2. The van der Waals surface area contributed by atoms with E-state index in [1.165, 1.54) is 14.2 Å². The van der Waals surface area contributed by atoms with Crippen molar-refractivity contribution in [3.05, 3.63) is 93.9 Å². The summed E-state index contributed by atoms with van der Waals surface area (Å²) in [7, 11) is 2.51. The maximum atomic E-state index is 15.2. The molecule has 0 spiro atoms. The van der Waals surface area contributed by atoms with Crippen molar-refractivity contribution in [2.45, 2.75) is 102 Å². The van der Waals surface area contributed by atoms with E-state index in [0.29, 0.717) is 48.5 Å². The summed E-state index contributed by atoms with van der Waals surface area (Å²) in [4.78, 5) is 84.6. The fourth-order valence-electron chi connectivity index (χ4n) is 10.7. The molecule has 2 saturated heterocycles. The van der Waals surface area contributed by atoms with Gasteiger partial charge in [-0.2, -0.15) is 0 Å². The largest absolute Gasteiger partial charge is 0.453 e. The zero-order valence-corrected chi connectivity index (χ0v) is 38.5. The van der Waals surface area contributed by atoms with E-state index in [2.05, 4.69) is 25.6 Å². The Morgan fingerprint density at radius 3 is 1.91 bits per heavy atom. The van der Waals surface area contributed by atoms with E-state index in [0.717, 1.165) is 57.5 Å². The average Bonchev–Trinajstić information content (AvgIpc) is 4.15. The molecular formula is C50H56F2N8O7. The summed E-state index contributed by atoms with van der Waals surface area (Å²) in [5.74, 6) is -3.74. The van der Waals surface area contributed by atoms with Gasteiger partial charge in [0, 0.05) is 25.4 Å². The maximum absolute atomic E-state index is 15.2. The Morgan fingerprint density at radius 2 is 1.33 bits per heavy atom. The average molecular weight is 919 g/mol. The normalized spacial score (nSPS) is 21.5. The number of H-pyrrole nitrogens is 2. The minimum absolute atomic E-state index is 0.154. The molecule has 9 rings (SSSR count). The second-order valence-electron chi connectivity index (χ2n) is 19.0. The maximum Gasteiger partial charge on any atom is 0.407 e. The highest BCUT2D eigenvalue weighted by molar-refractivity contribution is 5.89. The number of halogens is 2. The van der Waals surface area contributed by atoms with Crippen molar-refractivity contribution >= 4 is 34.9 Å². The fraction of sp³-hybridized carbons (Fsp3) is 0.460. The number of aromatic nitrogens is 4. The van der Waals surface area contributed by atoms with Crippen LogP contribution in [-0.2, 0) is 25.5 Å². The molecule has 0 radical (unpaired) electrons. The molecular weight excluding hydrogens is 863 g/mol. The van der Waals surface area contributed by atoms with Gasteiger partial charge >= 0.3 is 12.2 Å². The van der Waals surface area contributed by atoms with Gasteiger partial charge in [-0.15, -0.1) is 0 Å². The number of ether oxygens (including phenoxy) is 2. The monoisotopic (exact) mass is 918 g/mol. The number of alkyl carbamates (subject to hydrolysis) is 2. The highest BCUT2D eigenvalue weighted by atomic mass is 19.3. The van der Waals surface area contributed by atoms with Crippen LogP contribution < -0.4 is 16.2 Å². The number of nitrogens with zero attached hydrogens (tertiary/aromatic N) is 4. The van der Waals surface area contributed by atoms with Crippen molar-refractivity contribution in [2.75, 3.05) is 27.3 Å². The summed E-state index contributed by atoms with van der Waals surface area (Å²) in [5, 5.41) is 5.66.